The maximum atomic E-state index is 12.6. The third-order valence-corrected chi connectivity index (χ3v) is 4.08. The van der Waals surface area contributed by atoms with Gasteiger partial charge in [-0.15, -0.1) is 0 Å². The fourth-order valence-corrected chi connectivity index (χ4v) is 2.54. The molecule has 0 bridgehead atoms. The number of unbranched alkanes of at least 4 members (excludes halogenated alkanes) is 3. The summed E-state index contributed by atoms with van der Waals surface area (Å²) >= 11 is 3.37. The van der Waals surface area contributed by atoms with E-state index in [1.54, 1.807) is 24.0 Å². The van der Waals surface area contributed by atoms with Gasteiger partial charge in [-0.1, -0.05) is 42.1 Å². The Hall–Kier alpha value is -1.36. The molecule has 0 spiro atoms. The summed E-state index contributed by atoms with van der Waals surface area (Å²) in [6.45, 7) is 5.39. The number of halogens is 1. The van der Waals surface area contributed by atoms with Crippen molar-refractivity contribution < 1.29 is 14.3 Å². The van der Waals surface area contributed by atoms with Crippen LogP contribution in [0.25, 0.3) is 0 Å². The Kier molecular flexibility index (Phi) is 9.60. The van der Waals surface area contributed by atoms with Gasteiger partial charge >= 0.3 is 5.97 Å². The number of ether oxygens (including phenoxy) is 1. The molecule has 128 valence electrons. The monoisotopic (exact) mass is 383 g/mol. The quantitative estimate of drug-likeness (QED) is 0.443. The van der Waals surface area contributed by atoms with Crippen LogP contribution in [-0.2, 0) is 9.53 Å². The first-order chi connectivity index (χ1) is 11.1. The molecule has 0 saturated heterocycles. The van der Waals surface area contributed by atoms with Crippen molar-refractivity contribution in [3.05, 3.63) is 34.3 Å². The maximum Gasteiger partial charge on any atom is 0.307 e. The van der Waals surface area contributed by atoms with Gasteiger partial charge in [-0.25, -0.2) is 0 Å². The summed E-state index contributed by atoms with van der Waals surface area (Å²) < 4.78 is 5.89. The lowest BCUT2D eigenvalue weighted by atomic mass is 10.1. The van der Waals surface area contributed by atoms with Crippen LogP contribution in [-0.4, -0.2) is 36.5 Å². The van der Waals surface area contributed by atoms with E-state index < -0.39 is 0 Å². The number of amides is 1. The van der Waals surface area contributed by atoms with Crippen molar-refractivity contribution in [1.29, 1.82) is 0 Å². The zero-order valence-electron chi connectivity index (χ0n) is 14.0. The second-order valence-electron chi connectivity index (χ2n) is 5.41. The second-order valence-corrected chi connectivity index (χ2v) is 6.33. The molecule has 0 atom stereocenters. The van der Waals surface area contributed by atoms with E-state index in [1.807, 2.05) is 12.1 Å². The van der Waals surface area contributed by atoms with E-state index in [4.69, 9.17) is 4.74 Å². The second kappa shape index (κ2) is 11.2. The van der Waals surface area contributed by atoms with Crippen LogP contribution in [0, 0.1) is 0 Å². The molecule has 0 aliphatic heterocycles. The summed E-state index contributed by atoms with van der Waals surface area (Å²) in [5.74, 6) is -0.284. The highest BCUT2D eigenvalue weighted by atomic mass is 79.9. The summed E-state index contributed by atoms with van der Waals surface area (Å²) in [4.78, 5) is 26.0. The summed E-state index contributed by atoms with van der Waals surface area (Å²) in [6, 6.07) is 7.31. The SMILES string of the molecule is CCCCCCN(CCC(=O)OCC)C(=O)c1ccc(Br)cc1. The van der Waals surface area contributed by atoms with Gasteiger partial charge in [0.15, 0.2) is 0 Å². The summed E-state index contributed by atoms with van der Waals surface area (Å²) in [6.07, 6.45) is 4.62. The van der Waals surface area contributed by atoms with Crippen molar-refractivity contribution in [1.82, 2.24) is 4.90 Å². The van der Waals surface area contributed by atoms with Gasteiger partial charge in [0.1, 0.15) is 0 Å². The van der Waals surface area contributed by atoms with E-state index in [0.717, 1.165) is 30.2 Å². The number of benzene rings is 1. The van der Waals surface area contributed by atoms with Crippen molar-refractivity contribution in [2.45, 2.75) is 46.0 Å². The lowest BCUT2D eigenvalue weighted by Crippen LogP contribution is -2.34. The number of hydrogen-bond acceptors (Lipinski definition) is 3. The van der Waals surface area contributed by atoms with Crippen LogP contribution in [0.1, 0.15) is 56.3 Å². The average molecular weight is 384 g/mol. The van der Waals surface area contributed by atoms with Crippen LogP contribution in [0.2, 0.25) is 0 Å². The molecule has 4 nitrogen and oxygen atoms in total. The molecule has 0 aliphatic carbocycles. The molecule has 0 N–H and O–H groups in total. The Morgan fingerprint density at radius 1 is 1.04 bits per heavy atom. The number of rotatable bonds is 10. The molecule has 0 unspecified atom stereocenters. The van der Waals surface area contributed by atoms with E-state index in [2.05, 4.69) is 22.9 Å². The van der Waals surface area contributed by atoms with Gasteiger partial charge in [-0.05, 0) is 37.6 Å². The van der Waals surface area contributed by atoms with Gasteiger partial charge in [0, 0.05) is 23.1 Å². The van der Waals surface area contributed by atoms with Crippen LogP contribution in [0.15, 0.2) is 28.7 Å². The molecule has 0 radical (unpaired) electrons. The van der Waals surface area contributed by atoms with Crippen molar-refractivity contribution in [2.24, 2.45) is 0 Å². The molecule has 23 heavy (non-hydrogen) atoms. The average Bonchev–Trinajstić information content (AvgIpc) is 2.54. The van der Waals surface area contributed by atoms with Gasteiger partial charge in [-0.2, -0.15) is 0 Å². The maximum absolute atomic E-state index is 12.6. The minimum absolute atomic E-state index is 0.0294. The zero-order chi connectivity index (χ0) is 17.1. The summed E-state index contributed by atoms with van der Waals surface area (Å²) in [5.41, 5.74) is 0.646. The molecule has 0 fully saturated rings. The molecular weight excluding hydrogens is 358 g/mol. The van der Waals surface area contributed by atoms with Crippen molar-refractivity contribution in [3.63, 3.8) is 0 Å². The minimum atomic E-state index is -0.255. The van der Waals surface area contributed by atoms with E-state index in [1.165, 1.54) is 0 Å². The topological polar surface area (TPSA) is 46.6 Å². The predicted octanol–water partition coefficient (Wildman–Crippen LogP) is 4.42. The molecule has 0 heterocycles. The van der Waals surface area contributed by atoms with Gasteiger partial charge in [-0.3, -0.25) is 9.59 Å². The molecule has 1 aromatic rings. The third kappa shape index (κ3) is 7.64. The first-order valence-electron chi connectivity index (χ1n) is 8.29. The highest BCUT2D eigenvalue weighted by molar-refractivity contribution is 9.10. The number of hydrogen-bond donors (Lipinski definition) is 0. The lowest BCUT2D eigenvalue weighted by Gasteiger charge is -2.22. The van der Waals surface area contributed by atoms with Crippen molar-refractivity contribution in [2.75, 3.05) is 19.7 Å². The molecule has 1 aromatic carbocycles. The fourth-order valence-electron chi connectivity index (χ4n) is 2.28. The normalized spacial score (nSPS) is 10.4. The van der Waals surface area contributed by atoms with E-state index in [-0.39, 0.29) is 18.3 Å². The predicted molar refractivity (Wildman–Crippen MR) is 95.4 cm³/mol. The standard InChI is InChI=1S/C18H26BrNO3/c1-3-5-6-7-13-20(14-12-17(21)23-4-2)18(22)15-8-10-16(19)11-9-15/h8-11H,3-7,12-14H2,1-2H3. The molecule has 5 heteroatoms. The van der Waals surface area contributed by atoms with Crippen LogP contribution in [0.5, 0.6) is 0 Å². The van der Waals surface area contributed by atoms with Crippen LogP contribution in [0.4, 0.5) is 0 Å². The Morgan fingerprint density at radius 2 is 1.74 bits per heavy atom. The van der Waals surface area contributed by atoms with Crippen LogP contribution >= 0.6 is 15.9 Å². The Balaban J connectivity index is 2.66. The highest BCUT2D eigenvalue weighted by Crippen LogP contribution is 2.13. The molecule has 1 rings (SSSR count). The molecular formula is C18H26BrNO3. The Labute approximate surface area is 147 Å². The van der Waals surface area contributed by atoms with Gasteiger partial charge < -0.3 is 9.64 Å². The first-order valence-corrected chi connectivity index (χ1v) is 9.08. The van der Waals surface area contributed by atoms with Crippen molar-refractivity contribution >= 4 is 27.8 Å². The molecule has 0 saturated carbocycles. The highest BCUT2D eigenvalue weighted by Gasteiger charge is 2.17. The largest absolute Gasteiger partial charge is 0.466 e. The first kappa shape index (κ1) is 19.7. The fraction of sp³-hybridized carbons (Fsp3) is 0.556. The number of nitrogens with zero attached hydrogens (tertiary/aromatic N) is 1. The van der Waals surface area contributed by atoms with Crippen LogP contribution < -0.4 is 0 Å². The Bertz CT molecular complexity index is 488. The van der Waals surface area contributed by atoms with E-state index >= 15 is 0 Å². The lowest BCUT2D eigenvalue weighted by molar-refractivity contribution is -0.143. The third-order valence-electron chi connectivity index (χ3n) is 3.55. The summed E-state index contributed by atoms with van der Waals surface area (Å²) in [5, 5.41) is 0. The zero-order valence-corrected chi connectivity index (χ0v) is 15.6. The van der Waals surface area contributed by atoms with Gasteiger partial charge in [0.05, 0.1) is 13.0 Å². The molecule has 0 aliphatic rings. The molecule has 0 aromatic heterocycles. The smallest absolute Gasteiger partial charge is 0.307 e. The van der Waals surface area contributed by atoms with E-state index in [0.29, 0.717) is 25.3 Å². The number of esters is 1. The minimum Gasteiger partial charge on any atom is -0.466 e. The van der Waals surface area contributed by atoms with Gasteiger partial charge in [0.25, 0.3) is 5.91 Å². The van der Waals surface area contributed by atoms with Crippen molar-refractivity contribution in [3.8, 4) is 0 Å². The number of carbonyl (C=O) groups excluding carboxylic acids is 2. The number of carbonyl (C=O) groups is 2. The summed E-state index contributed by atoms with van der Waals surface area (Å²) in [7, 11) is 0. The molecule has 1 amide bonds. The van der Waals surface area contributed by atoms with Crippen LogP contribution in [0.3, 0.4) is 0 Å². The van der Waals surface area contributed by atoms with Gasteiger partial charge in [0.2, 0.25) is 0 Å². The Morgan fingerprint density at radius 3 is 2.35 bits per heavy atom. The van der Waals surface area contributed by atoms with E-state index in [9.17, 15) is 9.59 Å².